The lowest BCUT2D eigenvalue weighted by Crippen LogP contribution is -2.02. The molecule has 0 aromatic carbocycles. The zero-order valence-corrected chi connectivity index (χ0v) is 11.8. The number of ether oxygens (including phenoxy) is 1. The minimum Gasteiger partial charge on any atom is -0.476 e. The van der Waals surface area contributed by atoms with Crippen molar-refractivity contribution in [3.8, 4) is 0 Å². The lowest BCUT2D eigenvalue weighted by atomic mass is 10.1. The lowest BCUT2D eigenvalue weighted by molar-refractivity contribution is 0.0683. The summed E-state index contributed by atoms with van der Waals surface area (Å²) in [6.45, 7) is 2.45. The SMILES string of the molecule is CCc1c(C(=O)O)noc1COCc1ccc(Cl)s1. The van der Waals surface area contributed by atoms with Crippen molar-refractivity contribution in [3.05, 3.63) is 38.4 Å². The molecule has 0 fully saturated rings. The molecule has 19 heavy (non-hydrogen) atoms. The van der Waals surface area contributed by atoms with Gasteiger partial charge in [-0.05, 0) is 18.6 Å². The van der Waals surface area contributed by atoms with Crippen molar-refractivity contribution in [2.45, 2.75) is 26.6 Å². The number of nitrogens with zero attached hydrogens (tertiary/aromatic N) is 1. The highest BCUT2D eigenvalue weighted by atomic mass is 35.5. The maximum absolute atomic E-state index is 10.9. The number of hydrogen-bond acceptors (Lipinski definition) is 5. The van der Waals surface area contributed by atoms with Gasteiger partial charge < -0.3 is 14.4 Å². The van der Waals surface area contributed by atoms with E-state index in [1.54, 1.807) is 6.07 Å². The molecule has 5 nitrogen and oxygen atoms in total. The van der Waals surface area contributed by atoms with Crippen LogP contribution in [0, 0.1) is 0 Å². The van der Waals surface area contributed by atoms with E-state index < -0.39 is 5.97 Å². The van der Waals surface area contributed by atoms with Crippen LogP contribution in [0.3, 0.4) is 0 Å². The second kappa shape index (κ2) is 6.18. The van der Waals surface area contributed by atoms with Crippen molar-refractivity contribution >= 4 is 28.9 Å². The number of carbonyl (C=O) groups is 1. The molecule has 0 amide bonds. The first-order chi connectivity index (χ1) is 9.11. The zero-order valence-electron chi connectivity index (χ0n) is 10.2. The molecule has 0 unspecified atom stereocenters. The normalized spacial score (nSPS) is 10.8. The van der Waals surface area contributed by atoms with Crippen LogP contribution in [0.1, 0.15) is 33.6 Å². The average Bonchev–Trinajstić information content (AvgIpc) is 2.95. The second-order valence-electron chi connectivity index (χ2n) is 3.79. The highest BCUT2D eigenvalue weighted by molar-refractivity contribution is 7.16. The predicted octanol–water partition coefficient (Wildman–Crippen LogP) is 3.37. The van der Waals surface area contributed by atoms with Crippen LogP contribution >= 0.6 is 22.9 Å². The van der Waals surface area contributed by atoms with Gasteiger partial charge in [0, 0.05) is 10.4 Å². The number of hydrogen-bond donors (Lipinski definition) is 1. The summed E-state index contributed by atoms with van der Waals surface area (Å²) in [4.78, 5) is 11.9. The summed E-state index contributed by atoms with van der Waals surface area (Å²) in [6, 6.07) is 3.69. The Kier molecular flexibility index (Phi) is 4.57. The number of rotatable bonds is 6. The molecule has 2 heterocycles. The molecule has 0 aliphatic carbocycles. The van der Waals surface area contributed by atoms with Crippen LogP contribution in [0.5, 0.6) is 0 Å². The van der Waals surface area contributed by atoms with E-state index in [9.17, 15) is 4.79 Å². The number of aromatic carboxylic acids is 1. The summed E-state index contributed by atoms with van der Waals surface area (Å²) >= 11 is 7.25. The van der Waals surface area contributed by atoms with Crippen molar-refractivity contribution in [1.82, 2.24) is 5.16 Å². The van der Waals surface area contributed by atoms with Gasteiger partial charge in [-0.3, -0.25) is 0 Å². The Hall–Kier alpha value is -1.37. The molecule has 2 aromatic heterocycles. The smallest absolute Gasteiger partial charge is 0.358 e. The van der Waals surface area contributed by atoms with Gasteiger partial charge in [0.2, 0.25) is 0 Å². The van der Waals surface area contributed by atoms with E-state index in [0.29, 0.717) is 28.7 Å². The van der Waals surface area contributed by atoms with E-state index in [1.807, 2.05) is 13.0 Å². The van der Waals surface area contributed by atoms with Crippen LogP contribution in [0.4, 0.5) is 0 Å². The molecule has 0 saturated carbocycles. The first-order valence-electron chi connectivity index (χ1n) is 5.64. The summed E-state index contributed by atoms with van der Waals surface area (Å²) < 4.78 is 11.2. The fourth-order valence-electron chi connectivity index (χ4n) is 1.66. The third-order valence-corrected chi connectivity index (χ3v) is 3.74. The Bertz CT molecular complexity index is 578. The van der Waals surface area contributed by atoms with E-state index in [1.165, 1.54) is 11.3 Å². The standard InChI is InChI=1S/C12H12ClNO4S/c1-2-8-9(18-14-11(8)12(15)16)6-17-5-7-3-4-10(13)19-7/h3-4H,2,5-6H2,1H3,(H,15,16). The largest absolute Gasteiger partial charge is 0.476 e. The van der Waals surface area contributed by atoms with Crippen molar-refractivity contribution < 1.29 is 19.2 Å². The molecule has 102 valence electrons. The molecule has 0 bridgehead atoms. The van der Waals surface area contributed by atoms with Crippen LogP contribution < -0.4 is 0 Å². The van der Waals surface area contributed by atoms with Gasteiger partial charge in [-0.1, -0.05) is 23.7 Å². The molecule has 0 radical (unpaired) electrons. The van der Waals surface area contributed by atoms with Gasteiger partial charge in [0.05, 0.1) is 10.9 Å². The Balaban J connectivity index is 1.98. The van der Waals surface area contributed by atoms with Gasteiger partial charge in [0.1, 0.15) is 6.61 Å². The molecule has 1 N–H and O–H groups in total. The number of thiophene rings is 1. The van der Waals surface area contributed by atoms with Gasteiger partial charge in [-0.2, -0.15) is 0 Å². The molecule has 0 spiro atoms. The first kappa shape index (κ1) is 14.0. The maximum atomic E-state index is 10.9. The predicted molar refractivity (Wildman–Crippen MR) is 70.7 cm³/mol. The summed E-state index contributed by atoms with van der Waals surface area (Å²) in [5, 5.41) is 12.5. The van der Waals surface area contributed by atoms with E-state index in [4.69, 9.17) is 26.0 Å². The van der Waals surface area contributed by atoms with Crippen LogP contribution in [0.2, 0.25) is 4.34 Å². The minimum atomic E-state index is -1.09. The zero-order chi connectivity index (χ0) is 13.8. The molecule has 0 aliphatic rings. The molecular formula is C12H12ClNO4S. The topological polar surface area (TPSA) is 72.6 Å². The fourth-order valence-corrected chi connectivity index (χ4v) is 2.69. The first-order valence-corrected chi connectivity index (χ1v) is 6.84. The van der Waals surface area contributed by atoms with Crippen molar-refractivity contribution in [3.63, 3.8) is 0 Å². The third kappa shape index (κ3) is 3.34. The minimum absolute atomic E-state index is 0.0414. The summed E-state index contributed by atoms with van der Waals surface area (Å²) in [5.74, 6) is -0.626. The average molecular weight is 302 g/mol. The van der Waals surface area contributed by atoms with Gasteiger partial charge in [0.25, 0.3) is 0 Å². The van der Waals surface area contributed by atoms with E-state index in [-0.39, 0.29) is 12.3 Å². The summed E-state index contributed by atoms with van der Waals surface area (Å²) in [7, 11) is 0. The van der Waals surface area contributed by atoms with Crippen LogP contribution in [-0.4, -0.2) is 16.2 Å². The molecule has 0 atom stereocenters. The van der Waals surface area contributed by atoms with Crippen LogP contribution in [0.15, 0.2) is 16.7 Å². The summed E-state index contributed by atoms with van der Waals surface area (Å²) in [6.07, 6.45) is 0.536. The van der Waals surface area contributed by atoms with Crippen molar-refractivity contribution in [1.29, 1.82) is 0 Å². The number of carboxylic acid groups (broad SMARTS) is 1. The highest BCUT2D eigenvalue weighted by Gasteiger charge is 2.19. The molecule has 2 rings (SSSR count). The van der Waals surface area contributed by atoms with E-state index in [2.05, 4.69) is 5.16 Å². The third-order valence-electron chi connectivity index (χ3n) is 2.53. The molecule has 7 heteroatoms. The number of carboxylic acids is 1. The lowest BCUT2D eigenvalue weighted by Gasteiger charge is -2.01. The molecule has 0 saturated heterocycles. The Morgan fingerprint density at radius 1 is 1.53 bits per heavy atom. The highest BCUT2D eigenvalue weighted by Crippen LogP contribution is 2.23. The van der Waals surface area contributed by atoms with Crippen molar-refractivity contribution in [2.24, 2.45) is 0 Å². The second-order valence-corrected chi connectivity index (χ2v) is 5.59. The van der Waals surface area contributed by atoms with Gasteiger partial charge in [0.15, 0.2) is 11.5 Å². The Morgan fingerprint density at radius 3 is 2.89 bits per heavy atom. The van der Waals surface area contributed by atoms with Crippen LogP contribution in [0.25, 0.3) is 0 Å². The van der Waals surface area contributed by atoms with Crippen molar-refractivity contribution in [2.75, 3.05) is 0 Å². The van der Waals surface area contributed by atoms with Gasteiger partial charge >= 0.3 is 5.97 Å². The number of halogens is 1. The Morgan fingerprint density at radius 2 is 2.32 bits per heavy atom. The van der Waals surface area contributed by atoms with Crippen LogP contribution in [-0.2, 0) is 24.4 Å². The Labute approximate surface area is 118 Å². The monoisotopic (exact) mass is 301 g/mol. The van der Waals surface area contributed by atoms with Gasteiger partial charge in [-0.15, -0.1) is 11.3 Å². The molecule has 2 aromatic rings. The van der Waals surface area contributed by atoms with E-state index >= 15 is 0 Å². The number of aromatic nitrogens is 1. The van der Waals surface area contributed by atoms with Gasteiger partial charge in [-0.25, -0.2) is 4.79 Å². The fraction of sp³-hybridized carbons (Fsp3) is 0.333. The maximum Gasteiger partial charge on any atom is 0.358 e. The molecule has 0 aliphatic heterocycles. The quantitative estimate of drug-likeness (QED) is 0.885. The summed E-state index contributed by atoms with van der Waals surface area (Å²) in [5.41, 5.74) is 0.539. The van der Waals surface area contributed by atoms with E-state index in [0.717, 1.165) is 4.88 Å². The molecular weight excluding hydrogens is 290 g/mol.